The van der Waals surface area contributed by atoms with Crippen molar-refractivity contribution in [3.63, 3.8) is 0 Å². The van der Waals surface area contributed by atoms with Gasteiger partial charge in [0.25, 0.3) is 5.56 Å². The Bertz CT molecular complexity index is 1060. The molecule has 1 N–H and O–H groups in total. The monoisotopic (exact) mass is 399 g/mol. The number of sulfone groups is 1. The first-order chi connectivity index (χ1) is 12.4. The summed E-state index contributed by atoms with van der Waals surface area (Å²) in [6, 6.07) is 5.05. The van der Waals surface area contributed by atoms with Crippen LogP contribution in [0.25, 0.3) is 11.1 Å². The maximum Gasteiger partial charge on any atom is 0.324 e. The second kappa shape index (κ2) is 7.22. The molecule has 1 aromatic carbocycles. The summed E-state index contributed by atoms with van der Waals surface area (Å²) < 4.78 is 50.8. The number of aryl methyl sites for hydroxylation is 2. The molecule has 2 aromatic rings. The Kier molecular flexibility index (Phi) is 5.55. The molecule has 0 radical (unpaired) electrons. The summed E-state index contributed by atoms with van der Waals surface area (Å²) in [4.78, 5) is 23.6. The van der Waals surface area contributed by atoms with Gasteiger partial charge in [0, 0.05) is 36.2 Å². The fraction of sp³-hybridized carbons (Fsp3) is 0.333. The molecule has 2 rings (SSSR count). The first-order valence-electron chi connectivity index (χ1n) is 7.96. The summed E-state index contributed by atoms with van der Waals surface area (Å²) in [6.07, 6.45) is 1.17. The predicted octanol–water partition coefficient (Wildman–Crippen LogP) is 2.38. The molecule has 0 aliphatic heterocycles. The zero-order chi connectivity index (χ0) is 20.6. The maximum absolute atomic E-state index is 14.4. The molecule has 0 spiro atoms. The van der Waals surface area contributed by atoms with E-state index in [9.17, 15) is 31.9 Å². The van der Waals surface area contributed by atoms with E-state index in [4.69, 9.17) is 0 Å². The molecular formula is C18H19F2NO5S. The number of aromatic nitrogens is 1. The van der Waals surface area contributed by atoms with Crippen molar-refractivity contribution in [2.45, 2.75) is 31.6 Å². The number of halogens is 2. The molecule has 6 nitrogen and oxygen atoms in total. The minimum atomic E-state index is -3.98. The smallest absolute Gasteiger partial charge is 0.324 e. The van der Waals surface area contributed by atoms with Crippen molar-refractivity contribution in [1.29, 1.82) is 0 Å². The van der Waals surface area contributed by atoms with Crippen molar-refractivity contribution in [2.24, 2.45) is 0 Å². The topological polar surface area (TPSA) is 93.4 Å². The molecule has 1 aromatic heterocycles. The van der Waals surface area contributed by atoms with Crippen molar-refractivity contribution in [3.8, 4) is 11.1 Å². The van der Waals surface area contributed by atoms with E-state index in [1.54, 1.807) is 13.0 Å². The van der Waals surface area contributed by atoms with Crippen LogP contribution in [0, 0.1) is 18.6 Å². The van der Waals surface area contributed by atoms with Gasteiger partial charge in [0.1, 0.15) is 11.6 Å². The molecule has 27 heavy (non-hydrogen) atoms. The fourth-order valence-corrected chi connectivity index (χ4v) is 3.33. The van der Waals surface area contributed by atoms with Crippen LogP contribution in [0.5, 0.6) is 0 Å². The van der Waals surface area contributed by atoms with E-state index >= 15 is 0 Å². The van der Waals surface area contributed by atoms with E-state index in [1.165, 1.54) is 12.1 Å². The quantitative estimate of drug-likeness (QED) is 0.805. The molecule has 0 bridgehead atoms. The zero-order valence-electron chi connectivity index (χ0n) is 15.0. The van der Waals surface area contributed by atoms with Gasteiger partial charge in [-0.15, -0.1) is 0 Å². The molecule has 0 saturated carbocycles. The van der Waals surface area contributed by atoms with Crippen molar-refractivity contribution in [2.75, 3.05) is 6.26 Å². The SMILES string of the molecule is Cc1ccc(-c2cc(=O)n(CCC(C)(C(=O)O)S(C)(=O)=O)cc2F)c(F)c1. The van der Waals surface area contributed by atoms with Gasteiger partial charge >= 0.3 is 5.97 Å². The van der Waals surface area contributed by atoms with Gasteiger partial charge in [0.15, 0.2) is 14.6 Å². The zero-order valence-corrected chi connectivity index (χ0v) is 15.8. The average molecular weight is 399 g/mol. The van der Waals surface area contributed by atoms with Gasteiger partial charge < -0.3 is 9.67 Å². The minimum Gasteiger partial charge on any atom is -0.480 e. The fourth-order valence-electron chi connectivity index (χ4n) is 2.55. The molecule has 0 saturated heterocycles. The van der Waals surface area contributed by atoms with Gasteiger partial charge in [-0.1, -0.05) is 12.1 Å². The summed E-state index contributed by atoms with van der Waals surface area (Å²) in [7, 11) is -3.98. The van der Waals surface area contributed by atoms with E-state index in [0.717, 1.165) is 30.0 Å². The van der Waals surface area contributed by atoms with Gasteiger partial charge in [0.05, 0.1) is 0 Å². The molecule has 1 heterocycles. The third-order valence-corrected chi connectivity index (χ3v) is 6.61. The van der Waals surface area contributed by atoms with E-state index in [0.29, 0.717) is 5.56 Å². The first kappa shape index (κ1) is 20.8. The van der Waals surface area contributed by atoms with Crippen LogP contribution in [0.15, 0.2) is 35.3 Å². The Morgan fingerprint density at radius 2 is 1.81 bits per heavy atom. The number of aliphatic carboxylic acids is 1. The van der Waals surface area contributed by atoms with Gasteiger partial charge in [-0.05, 0) is 31.9 Å². The summed E-state index contributed by atoms with van der Waals surface area (Å²) in [5.41, 5.74) is -0.363. The Hall–Kier alpha value is -2.55. The van der Waals surface area contributed by atoms with E-state index in [1.807, 2.05) is 0 Å². The number of hydrogen-bond donors (Lipinski definition) is 1. The van der Waals surface area contributed by atoms with Gasteiger partial charge in [0.2, 0.25) is 0 Å². The van der Waals surface area contributed by atoms with E-state index < -0.39 is 44.2 Å². The van der Waals surface area contributed by atoms with Crippen molar-refractivity contribution < 1.29 is 27.1 Å². The first-order valence-corrected chi connectivity index (χ1v) is 9.85. The number of pyridine rings is 1. The number of nitrogens with zero attached hydrogens (tertiary/aromatic N) is 1. The Morgan fingerprint density at radius 3 is 2.33 bits per heavy atom. The third kappa shape index (κ3) is 4.08. The number of benzene rings is 1. The number of carboxylic acid groups (broad SMARTS) is 1. The average Bonchev–Trinajstić information content (AvgIpc) is 2.54. The molecule has 9 heteroatoms. The van der Waals surface area contributed by atoms with Crippen LogP contribution in [0.1, 0.15) is 18.9 Å². The standard InChI is InChI=1S/C18H19F2NO5S/c1-11-4-5-12(14(19)8-11)13-9-16(22)21(10-15(13)20)7-6-18(2,17(23)24)27(3,25)26/h4-5,8-10H,6-7H2,1-3H3,(H,23,24). The van der Waals surface area contributed by atoms with Crippen LogP contribution in [-0.2, 0) is 21.2 Å². The van der Waals surface area contributed by atoms with Crippen LogP contribution in [0.2, 0.25) is 0 Å². The molecule has 146 valence electrons. The lowest BCUT2D eigenvalue weighted by Gasteiger charge is -2.23. The minimum absolute atomic E-state index is 0.0751. The Balaban J connectivity index is 2.40. The molecule has 1 atom stereocenters. The third-order valence-electron chi connectivity index (χ3n) is 4.59. The highest BCUT2D eigenvalue weighted by molar-refractivity contribution is 7.92. The summed E-state index contributed by atoms with van der Waals surface area (Å²) in [5, 5.41) is 9.23. The van der Waals surface area contributed by atoms with E-state index in [2.05, 4.69) is 0 Å². The van der Waals surface area contributed by atoms with E-state index in [-0.39, 0.29) is 17.7 Å². The van der Waals surface area contributed by atoms with Crippen LogP contribution >= 0.6 is 0 Å². The molecule has 0 aliphatic carbocycles. The van der Waals surface area contributed by atoms with Crippen LogP contribution < -0.4 is 5.56 Å². The maximum atomic E-state index is 14.4. The summed E-state index contributed by atoms with van der Waals surface area (Å²) in [6.45, 7) is 2.37. The highest BCUT2D eigenvalue weighted by atomic mass is 32.2. The van der Waals surface area contributed by atoms with Crippen molar-refractivity contribution >= 4 is 15.8 Å². The Labute approximate surface area is 155 Å². The van der Waals surface area contributed by atoms with Gasteiger partial charge in [-0.3, -0.25) is 9.59 Å². The molecular weight excluding hydrogens is 380 g/mol. The number of carboxylic acids is 1. The lowest BCUT2D eigenvalue weighted by Crippen LogP contribution is -2.44. The predicted molar refractivity (Wildman–Crippen MR) is 96.3 cm³/mol. The lowest BCUT2D eigenvalue weighted by molar-refractivity contribution is -0.139. The van der Waals surface area contributed by atoms with Gasteiger partial charge in [-0.2, -0.15) is 0 Å². The molecule has 1 unspecified atom stereocenters. The second-order valence-corrected chi connectivity index (χ2v) is 9.05. The second-order valence-electron chi connectivity index (χ2n) is 6.61. The van der Waals surface area contributed by atoms with Crippen LogP contribution in [0.4, 0.5) is 8.78 Å². The van der Waals surface area contributed by atoms with Crippen molar-refractivity contribution in [1.82, 2.24) is 4.57 Å². The van der Waals surface area contributed by atoms with Crippen molar-refractivity contribution in [3.05, 3.63) is 58.0 Å². The van der Waals surface area contributed by atoms with Crippen LogP contribution in [-0.4, -0.2) is 35.1 Å². The highest BCUT2D eigenvalue weighted by Crippen LogP contribution is 2.26. The molecule has 0 aliphatic rings. The van der Waals surface area contributed by atoms with Crippen LogP contribution in [0.3, 0.4) is 0 Å². The molecule has 0 amide bonds. The summed E-state index contributed by atoms with van der Waals surface area (Å²) in [5.74, 6) is -3.12. The highest BCUT2D eigenvalue weighted by Gasteiger charge is 2.43. The lowest BCUT2D eigenvalue weighted by atomic mass is 10.0. The number of hydrogen-bond acceptors (Lipinski definition) is 4. The molecule has 0 fully saturated rings. The normalized spacial score (nSPS) is 14.0. The number of carbonyl (C=O) groups is 1. The summed E-state index contributed by atoms with van der Waals surface area (Å²) >= 11 is 0. The number of rotatable bonds is 6. The van der Waals surface area contributed by atoms with Gasteiger partial charge in [-0.25, -0.2) is 17.2 Å². The largest absolute Gasteiger partial charge is 0.480 e. The Morgan fingerprint density at radius 1 is 1.19 bits per heavy atom.